The van der Waals surface area contributed by atoms with Crippen LogP contribution < -0.4 is 5.32 Å². The Bertz CT molecular complexity index is 1180. The van der Waals surface area contributed by atoms with Crippen LogP contribution in [0, 0.1) is 0 Å². The molecule has 0 atom stereocenters. The van der Waals surface area contributed by atoms with Gasteiger partial charge in [0.2, 0.25) is 0 Å². The first-order valence-electron chi connectivity index (χ1n) is 9.42. The Kier molecular flexibility index (Phi) is 5.17. The molecule has 1 amide bonds. The summed E-state index contributed by atoms with van der Waals surface area (Å²) in [5.74, 6) is -0.116. The van der Waals surface area contributed by atoms with Gasteiger partial charge in [0.15, 0.2) is 0 Å². The highest BCUT2D eigenvalue weighted by atomic mass is 35.5. The zero-order valence-electron chi connectivity index (χ0n) is 15.7. The molecule has 1 aliphatic heterocycles. The highest BCUT2D eigenvalue weighted by Gasteiger charge is 2.27. The summed E-state index contributed by atoms with van der Waals surface area (Å²) in [6, 6.07) is 11.7. The summed E-state index contributed by atoms with van der Waals surface area (Å²) < 4.78 is 1.78. The van der Waals surface area contributed by atoms with E-state index in [2.05, 4.69) is 23.2 Å². The molecule has 148 valence electrons. The minimum Gasteiger partial charge on any atom is -0.312 e. The molecule has 1 aromatic carbocycles. The molecule has 8 heteroatoms. The quantitative estimate of drug-likeness (QED) is 0.385. The predicted octanol–water partition coefficient (Wildman–Crippen LogP) is 6.37. The van der Waals surface area contributed by atoms with Gasteiger partial charge in [0.25, 0.3) is 5.91 Å². The first-order valence-corrected chi connectivity index (χ1v) is 12.2. The molecule has 4 aromatic rings. The van der Waals surface area contributed by atoms with Gasteiger partial charge in [0.1, 0.15) is 10.0 Å². The van der Waals surface area contributed by atoms with Crippen molar-refractivity contribution in [1.29, 1.82) is 0 Å². The minimum atomic E-state index is -0.116. The van der Waals surface area contributed by atoms with Crippen LogP contribution in [0.3, 0.4) is 0 Å². The maximum absolute atomic E-state index is 12.8. The lowest BCUT2D eigenvalue weighted by atomic mass is 10.0. The fraction of sp³-hybridized carbons (Fsp3) is 0.238. The van der Waals surface area contributed by atoms with Crippen LogP contribution >= 0.6 is 45.6 Å². The van der Waals surface area contributed by atoms with Crippen LogP contribution in [0.5, 0.6) is 0 Å². The van der Waals surface area contributed by atoms with Crippen LogP contribution in [0.15, 0.2) is 36.4 Å². The second-order valence-electron chi connectivity index (χ2n) is 6.87. The highest BCUT2D eigenvalue weighted by Crippen LogP contribution is 2.45. The zero-order valence-corrected chi connectivity index (χ0v) is 18.9. The van der Waals surface area contributed by atoms with Gasteiger partial charge in [-0.1, -0.05) is 30.7 Å². The first kappa shape index (κ1) is 19.2. The van der Waals surface area contributed by atoms with Gasteiger partial charge in [-0.2, -0.15) is 0 Å². The lowest BCUT2D eigenvalue weighted by molar-refractivity contribution is 0.103. The topological polar surface area (TPSA) is 45.2 Å². The number of carbonyl (C=O) groups is 1. The monoisotopic (exact) mass is 459 g/mol. The summed E-state index contributed by atoms with van der Waals surface area (Å²) in [4.78, 5) is 22.1. The van der Waals surface area contributed by atoms with Gasteiger partial charge in [0.05, 0.1) is 19.4 Å². The number of benzene rings is 1. The van der Waals surface area contributed by atoms with Gasteiger partial charge in [-0.05, 0) is 42.8 Å². The Morgan fingerprint density at radius 3 is 2.83 bits per heavy atom. The number of hydrogen-bond donors (Lipinski definition) is 1. The molecular weight excluding hydrogens is 442 g/mol. The molecule has 0 spiro atoms. The van der Waals surface area contributed by atoms with E-state index in [-0.39, 0.29) is 5.91 Å². The van der Waals surface area contributed by atoms with E-state index in [0.717, 1.165) is 51.8 Å². The van der Waals surface area contributed by atoms with Gasteiger partial charge in [-0.3, -0.25) is 9.69 Å². The number of nitrogens with one attached hydrogen (secondary N) is 1. The van der Waals surface area contributed by atoms with Crippen LogP contribution in [0.25, 0.3) is 20.8 Å². The van der Waals surface area contributed by atoms with Crippen molar-refractivity contribution in [3.63, 3.8) is 0 Å². The Morgan fingerprint density at radius 1 is 1.21 bits per heavy atom. The second-order valence-corrected chi connectivity index (χ2v) is 10.7. The van der Waals surface area contributed by atoms with Gasteiger partial charge in [-0.15, -0.1) is 34.0 Å². The number of amides is 1. The number of thiophene rings is 2. The van der Waals surface area contributed by atoms with E-state index in [1.165, 1.54) is 21.8 Å². The molecule has 0 fully saturated rings. The van der Waals surface area contributed by atoms with E-state index in [1.807, 2.05) is 18.2 Å². The number of likely N-dealkylation sites (N-methyl/N-ethyl adjacent to an activating group) is 1. The second kappa shape index (κ2) is 7.81. The molecule has 4 heterocycles. The summed E-state index contributed by atoms with van der Waals surface area (Å²) in [6.07, 6.45) is 0.978. The van der Waals surface area contributed by atoms with Crippen molar-refractivity contribution in [2.75, 3.05) is 18.4 Å². The van der Waals surface area contributed by atoms with Crippen LogP contribution in [-0.2, 0) is 13.0 Å². The number of fused-ring (bicyclic) bond motifs is 2. The molecule has 0 radical (unpaired) electrons. The number of para-hydroxylation sites is 1. The molecule has 1 N–H and O–H groups in total. The fourth-order valence-corrected chi connectivity index (χ4v) is 6.95. The standard InChI is InChI=1S/C21H18ClN3OS3/c1-2-25-10-9-12-16(11-25)29-21(24-19(26)15-7-8-17(22)27-15)18(12)20-23-13-5-3-4-6-14(13)28-20/h3-8H,2,9-11H2,1H3,(H,24,26). The van der Waals surface area contributed by atoms with E-state index in [4.69, 9.17) is 16.6 Å². The third-order valence-corrected chi connectivity index (χ3v) is 8.53. The van der Waals surface area contributed by atoms with E-state index in [0.29, 0.717) is 9.21 Å². The van der Waals surface area contributed by atoms with Crippen molar-refractivity contribution in [2.45, 2.75) is 19.9 Å². The predicted molar refractivity (Wildman–Crippen MR) is 125 cm³/mol. The fourth-order valence-electron chi connectivity index (χ4n) is 3.62. The van der Waals surface area contributed by atoms with E-state index < -0.39 is 0 Å². The normalized spacial score (nSPS) is 14.3. The summed E-state index contributed by atoms with van der Waals surface area (Å²) in [5, 5.41) is 5.02. The van der Waals surface area contributed by atoms with Crippen molar-refractivity contribution in [3.8, 4) is 10.6 Å². The smallest absolute Gasteiger partial charge is 0.266 e. The summed E-state index contributed by atoms with van der Waals surface area (Å²) >= 11 is 10.7. The van der Waals surface area contributed by atoms with Crippen molar-refractivity contribution in [1.82, 2.24) is 9.88 Å². The lowest BCUT2D eigenvalue weighted by Crippen LogP contribution is -2.29. The maximum Gasteiger partial charge on any atom is 0.266 e. The maximum atomic E-state index is 12.8. The summed E-state index contributed by atoms with van der Waals surface area (Å²) in [5.41, 5.74) is 3.43. The van der Waals surface area contributed by atoms with Gasteiger partial charge in [0, 0.05) is 23.5 Å². The molecule has 5 rings (SSSR count). The average molecular weight is 460 g/mol. The lowest BCUT2D eigenvalue weighted by Gasteiger charge is -2.25. The summed E-state index contributed by atoms with van der Waals surface area (Å²) in [6.45, 7) is 5.18. The van der Waals surface area contributed by atoms with Gasteiger partial charge >= 0.3 is 0 Å². The minimum absolute atomic E-state index is 0.116. The van der Waals surface area contributed by atoms with Crippen LogP contribution in [0.2, 0.25) is 4.34 Å². The highest BCUT2D eigenvalue weighted by molar-refractivity contribution is 7.23. The number of anilines is 1. The zero-order chi connectivity index (χ0) is 20.0. The molecule has 0 unspecified atom stereocenters. The molecule has 0 saturated carbocycles. The Hall–Kier alpha value is -1.77. The molecule has 0 bridgehead atoms. The third kappa shape index (κ3) is 3.62. The molecule has 0 saturated heterocycles. The summed E-state index contributed by atoms with van der Waals surface area (Å²) in [7, 11) is 0. The Balaban J connectivity index is 1.59. The number of carbonyl (C=O) groups excluding carboxylic acids is 1. The number of thiazole rings is 1. The first-order chi connectivity index (χ1) is 14.1. The Labute approximate surface area is 185 Å². The van der Waals surface area contributed by atoms with Crippen LogP contribution in [0.1, 0.15) is 27.0 Å². The van der Waals surface area contributed by atoms with Crippen molar-refractivity contribution in [3.05, 3.63) is 56.1 Å². The number of aromatic nitrogens is 1. The van der Waals surface area contributed by atoms with Crippen LogP contribution in [0.4, 0.5) is 5.00 Å². The molecule has 29 heavy (non-hydrogen) atoms. The number of rotatable bonds is 4. The Morgan fingerprint density at radius 2 is 2.07 bits per heavy atom. The van der Waals surface area contributed by atoms with E-state index in [9.17, 15) is 4.79 Å². The van der Waals surface area contributed by atoms with Crippen molar-refractivity contribution < 1.29 is 4.79 Å². The van der Waals surface area contributed by atoms with E-state index >= 15 is 0 Å². The SMILES string of the molecule is CCN1CCc2c(sc(NC(=O)c3ccc(Cl)s3)c2-c2nc3ccccc3s2)C1. The number of nitrogens with zero attached hydrogens (tertiary/aromatic N) is 2. The average Bonchev–Trinajstić information content (AvgIpc) is 3.42. The molecule has 0 aliphatic carbocycles. The largest absolute Gasteiger partial charge is 0.312 e. The van der Waals surface area contributed by atoms with Crippen molar-refractivity contribution >= 4 is 66.7 Å². The number of halogens is 1. The van der Waals surface area contributed by atoms with Gasteiger partial charge < -0.3 is 5.32 Å². The van der Waals surface area contributed by atoms with E-state index in [1.54, 1.807) is 34.8 Å². The number of hydrogen-bond acceptors (Lipinski definition) is 6. The van der Waals surface area contributed by atoms with Gasteiger partial charge in [-0.25, -0.2) is 4.98 Å². The van der Waals surface area contributed by atoms with Crippen LogP contribution in [-0.4, -0.2) is 28.9 Å². The molecule has 4 nitrogen and oxygen atoms in total. The van der Waals surface area contributed by atoms with Crippen molar-refractivity contribution in [2.24, 2.45) is 0 Å². The molecular formula is C21H18ClN3OS3. The molecule has 1 aliphatic rings. The molecule has 3 aromatic heterocycles. The third-order valence-electron chi connectivity index (χ3n) is 5.11.